The Morgan fingerprint density at radius 1 is 1.14 bits per heavy atom. The van der Waals surface area contributed by atoms with Crippen molar-refractivity contribution in [3.8, 4) is 16.5 Å². The molecular weight excluding hydrogens is 496 g/mol. The molecule has 1 unspecified atom stereocenters. The molecule has 1 saturated heterocycles. The predicted octanol–water partition coefficient (Wildman–Crippen LogP) is 4.29. The first-order valence-corrected chi connectivity index (χ1v) is 14.9. The number of sulfone groups is 1. The van der Waals surface area contributed by atoms with Crippen LogP contribution in [0.5, 0.6) is 5.19 Å². The second-order valence-corrected chi connectivity index (χ2v) is 12.2. The maximum Gasteiger partial charge on any atom is 0.294 e. The van der Waals surface area contributed by atoms with E-state index in [1.807, 2.05) is 18.6 Å². The summed E-state index contributed by atoms with van der Waals surface area (Å²) in [5.41, 5.74) is 2.77. The quantitative estimate of drug-likeness (QED) is 0.335. The van der Waals surface area contributed by atoms with Crippen LogP contribution in [0.3, 0.4) is 0 Å². The minimum absolute atomic E-state index is 0.0406. The molecule has 3 aromatic heterocycles. The fraction of sp³-hybridized carbons (Fsp3) is 0.440. The van der Waals surface area contributed by atoms with Gasteiger partial charge in [0, 0.05) is 37.3 Å². The summed E-state index contributed by atoms with van der Waals surface area (Å²) in [4.78, 5) is 17.0. The van der Waals surface area contributed by atoms with Gasteiger partial charge in [0.1, 0.15) is 6.10 Å². The third kappa shape index (κ3) is 5.36. The molecule has 0 N–H and O–H groups in total. The van der Waals surface area contributed by atoms with Crippen LogP contribution in [-0.2, 0) is 16.3 Å². The van der Waals surface area contributed by atoms with Gasteiger partial charge < -0.3 is 9.64 Å². The van der Waals surface area contributed by atoms with Gasteiger partial charge in [0.15, 0.2) is 9.84 Å². The van der Waals surface area contributed by atoms with Gasteiger partial charge in [-0.2, -0.15) is 0 Å². The van der Waals surface area contributed by atoms with E-state index in [1.54, 1.807) is 28.8 Å². The smallest absolute Gasteiger partial charge is 0.294 e. The van der Waals surface area contributed by atoms with E-state index in [0.29, 0.717) is 16.0 Å². The van der Waals surface area contributed by atoms with E-state index in [-0.39, 0.29) is 6.10 Å². The minimum atomic E-state index is -3.22. The molecule has 5 rings (SSSR count). The molecule has 1 aromatic carbocycles. The molecule has 0 spiro atoms. The van der Waals surface area contributed by atoms with Crippen LogP contribution >= 0.6 is 11.3 Å². The van der Waals surface area contributed by atoms with Gasteiger partial charge in [-0.1, -0.05) is 25.5 Å². The lowest BCUT2D eigenvalue weighted by atomic mass is 9.92. The van der Waals surface area contributed by atoms with E-state index in [1.165, 1.54) is 23.2 Å². The number of rotatable bonds is 8. The highest BCUT2D eigenvalue weighted by Gasteiger charge is 2.27. The Hall–Kier alpha value is -3.05. The minimum Gasteiger partial charge on any atom is -0.466 e. The highest BCUT2D eigenvalue weighted by Crippen LogP contribution is 2.30. The monoisotopic (exact) mass is 526 g/mol. The largest absolute Gasteiger partial charge is 0.466 e. The van der Waals surface area contributed by atoms with Crippen molar-refractivity contribution in [1.29, 1.82) is 0 Å². The summed E-state index contributed by atoms with van der Waals surface area (Å²) in [5.74, 6) is 1.24. The Bertz CT molecular complexity index is 1390. The average molecular weight is 527 g/mol. The molecule has 36 heavy (non-hydrogen) atoms. The Kier molecular flexibility index (Phi) is 6.94. The molecule has 0 amide bonds. The van der Waals surface area contributed by atoms with Crippen LogP contribution in [-0.4, -0.2) is 58.4 Å². The summed E-state index contributed by atoms with van der Waals surface area (Å²) in [6.07, 6.45) is 11.1. The number of hydrogen-bond donors (Lipinski definition) is 0. The fourth-order valence-electron chi connectivity index (χ4n) is 4.49. The highest BCUT2D eigenvalue weighted by atomic mass is 32.2. The van der Waals surface area contributed by atoms with E-state index in [2.05, 4.69) is 38.8 Å². The zero-order chi connectivity index (χ0) is 25.3. The molecule has 9 nitrogen and oxygen atoms in total. The van der Waals surface area contributed by atoms with Gasteiger partial charge in [-0.05, 0) is 61.1 Å². The SMILES string of the molecule is CCCc1cnc(N2CCC(C(C)Oc3nn4cc(-c5ccc(S(C)(=O)=O)cc5)nc4s3)CC2)nc1. The number of benzene rings is 1. The molecule has 0 bridgehead atoms. The normalized spacial score (nSPS) is 15.9. The van der Waals surface area contributed by atoms with E-state index in [9.17, 15) is 8.42 Å². The zero-order valence-corrected chi connectivity index (χ0v) is 22.3. The Balaban J connectivity index is 1.18. The fourth-order valence-corrected chi connectivity index (χ4v) is 5.94. The van der Waals surface area contributed by atoms with Crippen LogP contribution in [0.1, 0.15) is 38.7 Å². The van der Waals surface area contributed by atoms with Gasteiger partial charge in [0.25, 0.3) is 5.19 Å². The lowest BCUT2D eigenvalue weighted by Crippen LogP contribution is -2.39. The number of aryl methyl sites for hydroxylation is 1. The lowest BCUT2D eigenvalue weighted by molar-refractivity contribution is 0.131. The van der Waals surface area contributed by atoms with Crippen LogP contribution in [0.25, 0.3) is 16.2 Å². The number of aromatic nitrogens is 5. The van der Waals surface area contributed by atoms with Crippen molar-refractivity contribution in [2.75, 3.05) is 24.2 Å². The number of fused-ring (bicyclic) bond motifs is 1. The standard InChI is InChI=1S/C25H30N6O3S2/c1-4-5-18-14-26-23(27-15-18)30-12-10-19(11-13-30)17(2)34-25-29-31-16-22(28-24(31)35-25)20-6-8-21(9-7-20)36(3,32)33/h6-9,14-17,19H,4-5,10-13H2,1-3H3. The Morgan fingerprint density at radius 3 is 2.44 bits per heavy atom. The maximum absolute atomic E-state index is 11.7. The zero-order valence-electron chi connectivity index (χ0n) is 20.7. The number of piperidine rings is 1. The van der Waals surface area contributed by atoms with Crippen molar-refractivity contribution >= 4 is 32.1 Å². The van der Waals surface area contributed by atoms with Gasteiger partial charge >= 0.3 is 0 Å². The van der Waals surface area contributed by atoms with Gasteiger partial charge in [0.05, 0.1) is 16.8 Å². The second-order valence-electron chi connectivity index (χ2n) is 9.31. The summed E-state index contributed by atoms with van der Waals surface area (Å²) in [6.45, 7) is 6.09. The van der Waals surface area contributed by atoms with E-state index in [4.69, 9.17) is 4.74 Å². The average Bonchev–Trinajstić information content (AvgIpc) is 3.43. The number of hydrogen-bond acceptors (Lipinski definition) is 9. The molecule has 0 aliphatic carbocycles. The van der Waals surface area contributed by atoms with Crippen LogP contribution in [0, 0.1) is 5.92 Å². The Labute approximate surface area is 215 Å². The van der Waals surface area contributed by atoms with Crippen LogP contribution in [0.2, 0.25) is 0 Å². The molecule has 4 aromatic rings. The highest BCUT2D eigenvalue weighted by molar-refractivity contribution is 7.90. The summed E-state index contributed by atoms with van der Waals surface area (Å²) in [7, 11) is -3.22. The number of ether oxygens (including phenoxy) is 1. The van der Waals surface area contributed by atoms with Gasteiger partial charge in [0.2, 0.25) is 10.9 Å². The topological polar surface area (TPSA) is 103 Å². The first-order valence-electron chi connectivity index (χ1n) is 12.2. The molecule has 0 saturated carbocycles. The molecule has 1 fully saturated rings. The first kappa shape index (κ1) is 24.6. The van der Waals surface area contributed by atoms with Crippen molar-refractivity contribution in [2.45, 2.75) is 50.5 Å². The molecule has 0 radical (unpaired) electrons. The summed E-state index contributed by atoms with van der Waals surface area (Å²) in [5, 5.41) is 5.16. The molecule has 190 valence electrons. The maximum atomic E-state index is 11.7. The van der Waals surface area contributed by atoms with Gasteiger partial charge in [-0.3, -0.25) is 0 Å². The molecule has 1 aliphatic rings. The first-order chi connectivity index (χ1) is 17.3. The van der Waals surface area contributed by atoms with E-state index >= 15 is 0 Å². The number of anilines is 1. The molecule has 4 heterocycles. The Morgan fingerprint density at radius 2 is 1.83 bits per heavy atom. The molecular formula is C25H30N6O3S2. The second kappa shape index (κ2) is 10.1. The van der Waals surface area contributed by atoms with Gasteiger partial charge in [-0.15, -0.1) is 5.10 Å². The molecule has 11 heteroatoms. The summed E-state index contributed by atoms with van der Waals surface area (Å²) >= 11 is 1.41. The predicted molar refractivity (Wildman–Crippen MR) is 140 cm³/mol. The van der Waals surface area contributed by atoms with Crippen LogP contribution in [0.15, 0.2) is 47.8 Å². The number of imidazole rings is 1. The molecule has 1 aliphatic heterocycles. The van der Waals surface area contributed by atoms with Gasteiger partial charge in [-0.25, -0.2) is 27.9 Å². The van der Waals surface area contributed by atoms with E-state index < -0.39 is 9.84 Å². The molecule has 1 atom stereocenters. The van der Waals surface area contributed by atoms with E-state index in [0.717, 1.165) is 60.9 Å². The summed E-state index contributed by atoms with van der Waals surface area (Å²) in [6, 6.07) is 6.72. The summed E-state index contributed by atoms with van der Waals surface area (Å²) < 4.78 is 31.3. The third-order valence-corrected chi connectivity index (χ3v) is 8.55. The third-order valence-electron chi connectivity index (χ3n) is 6.61. The van der Waals surface area contributed by atoms with Crippen LogP contribution in [0.4, 0.5) is 5.95 Å². The van der Waals surface area contributed by atoms with Crippen molar-refractivity contribution in [2.24, 2.45) is 5.92 Å². The van der Waals surface area contributed by atoms with Crippen molar-refractivity contribution in [1.82, 2.24) is 24.6 Å². The lowest BCUT2D eigenvalue weighted by Gasteiger charge is -2.34. The van der Waals surface area contributed by atoms with Crippen molar-refractivity contribution in [3.05, 3.63) is 48.4 Å². The number of nitrogens with zero attached hydrogens (tertiary/aromatic N) is 6. The van der Waals surface area contributed by atoms with Crippen molar-refractivity contribution in [3.63, 3.8) is 0 Å². The van der Waals surface area contributed by atoms with Crippen molar-refractivity contribution < 1.29 is 13.2 Å². The van der Waals surface area contributed by atoms with Crippen LogP contribution < -0.4 is 9.64 Å².